The summed E-state index contributed by atoms with van der Waals surface area (Å²) in [5, 5.41) is 5.52. The fourth-order valence-corrected chi connectivity index (χ4v) is 2.97. The molecule has 1 saturated carbocycles. The van der Waals surface area contributed by atoms with Crippen LogP contribution >= 0.6 is 0 Å². The predicted octanol–water partition coefficient (Wildman–Crippen LogP) is 4.17. The number of para-hydroxylation sites is 2. The average Bonchev–Trinajstić information content (AvgIpc) is 3.63. The molecule has 7 heteroatoms. The molecule has 0 aliphatic heterocycles. The molecule has 0 radical (unpaired) electrons. The van der Waals surface area contributed by atoms with Gasteiger partial charge < -0.3 is 20.1 Å². The molecule has 3 aromatic rings. The Morgan fingerprint density at radius 1 is 0.812 bits per heavy atom. The van der Waals surface area contributed by atoms with Gasteiger partial charge in [0.05, 0.1) is 16.8 Å². The zero-order valence-electron chi connectivity index (χ0n) is 17.2. The molecule has 1 aliphatic carbocycles. The van der Waals surface area contributed by atoms with E-state index in [0.29, 0.717) is 28.3 Å². The molecule has 1 aliphatic rings. The van der Waals surface area contributed by atoms with Crippen LogP contribution < -0.4 is 15.4 Å². The highest BCUT2D eigenvalue weighted by Crippen LogP contribution is 2.22. The highest BCUT2D eigenvalue weighted by molar-refractivity contribution is 6.04. The summed E-state index contributed by atoms with van der Waals surface area (Å²) in [5.74, 6) is -0.143. The quantitative estimate of drug-likeness (QED) is 0.523. The van der Waals surface area contributed by atoms with E-state index in [1.807, 2.05) is 30.3 Å². The summed E-state index contributed by atoms with van der Waals surface area (Å²) in [5.41, 5.74) is 1.03. The van der Waals surface area contributed by atoms with Gasteiger partial charge in [0.2, 0.25) is 0 Å². The number of esters is 1. The summed E-state index contributed by atoms with van der Waals surface area (Å²) in [6.07, 6.45) is 1.94. The Kier molecular flexibility index (Phi) is 6.46. The lowest BCUT2D eigenvalue weighted by Gasteiger charge is -2.11. The largest absolute Gasteiger partial charge is 0.457 e. The first kappa shape index (κ1) is 21.1. The Bertz CT molecular complexity index is 1110. The first-order chi connectivity index (χ1) is 15.6. The average molecular weight is 430 g/mol. The van der Waals surface area contributed by atoms with Crippen LogP contribution in [0.4, 0.5) is 5.69 Å². The number of hydrogen-bond acceptors (Lipinski definition) is 5. The van der Waals surface area contributed by atoms with Gasteiger partial charge in [0.1, 0.15) is 11.5 Å². The molecule has 162 valence electrons. The van der Waals surface area contributed by atoms with Gasteiger partial charge in [0.25, 0.3) is 11.8 Å². The van der Waals surface area contributed by atoms with Gasteiger partial charge in [0, 0.05) is 6.04 Å². The van der Waals surface area contributed by atoms with Gasteiger partial charge in [-0.2, -0.15) is 0 Å². The van der Waals surface area contributed by atoms with Crippen molar-refractivity contribution in [3.8, 4) is 11.5 Å². The number of rotatable bonds is 8. The minimum absolute atomic E-state index is 0.205. The smallest absolute Gasteiger partial charge is 0.338 e. The van der Waals surface area contributed by atoms with Crippen LogP contribution in [0.3, 0.4) is 0 Å². The van der Waals surface area contributed by atoms with Crippen molar-refractivity contribution in [3.63, 3.8) is 0 Å². The summed E-state index contributed by atoms with van der Waals surface area (Å²) in [6.45, 7) is -0.473. The maximum atomic E-state index is 12.3. The topological polar surface area (TPSA) is 93.7 Å². The Morgan fingerprint density at radius 2 is 1.47 bits per heavy atom. The third kappa shape index (κ3) is 5.72. The van der Waals surface area contributed by atoms with E-state index in [1.54, 1.807) is 48.5 Å². The summed E-state index contributed by atoms with van der Waals surface area (Å²) >= 11 is 0. The molecule has 0 unspecified atom stereocenters. The Labute approximate surface area is 185 Å². The second kappa shape index (κ2) is 9.78. The van der Waals surface area contributed by atoms with E-state index in [0.717, 1.165) is 12.8 Å². The van der Waals surface area contributed by atoms with E-state index in [-0.39, 0.29) is 11.9 Å². The number of nitrogens with one attached hydrogen (secondary N) is 2. The SMILES string of the molecule is O=C(COC(=O)c1ccc(Oc2ccccc2)cc1)Nc1ccccc1C(=O)NC1CC1. The molecule has 0 atom stereocenters. The van der Waals surface area contributed by atoms with Crippen LogP contribution in [-0.4, -0.2) is 30.4 Å². The minimum atomic E-state index is -0.633. The van der Waals surface area contributed by atoms with E-state index in [9.17, 15) is 14.4 Å². The van der Waals surface area contributed by atoms with Crippen LogP contribution in [-0.2, 0) is 9.53 Å². The molecule has 2 N–H and O–H groups in total. The van der Waals surface area contributed by atoms with E-state index in [4.69, 9.17) is 9.47 Å². The second-order valence-corrected chi connectivity index (χ2v) is 7.36. The van der Waals surface area contributed by atoms with E-state index in [2.05, 4.69) is 10.6 Å². The van der Waals surface area contributed by atoms with Crippen molar-refractivity contribution in [1.29, 1.82) is 0 Å². The third-order valence-corrected chi connectivity index (χ3v) is 4.76. The first-order valence-corrected chi connectivity index (χ1v) is 10.3. The van der Waals surface area contributed by atoms with Gasteiger partial charge >= 0.3 is 5.97 Å². The summed E-state index contributed by atoms with van der Waals surface area (Å²) in [7, 11) is 0. The van der Waals surface area contributed by atoms with E-state index >= 15 is 0 Å². The number of anilines is 1. The van der Waals surface area contributed by atoms with Crippen LogP contribution in [0, 0.1) is 0 Å². The molecule has 32 heavy (non-hydrogen) atoms. The zero-order valence-corrected chi connectivity index (χ0v) is 17.2. The normalized spacial score (nSPS) is 12.5. The van der Waals surface area contributed by atoms with Gasteiger partial charge in [-0.3, -0.25) is 9.59 Å². The Morgan fingerprint density at radius 3 is 2.19 bits per heavy atom. The first-order valence-electron chi connectivity index (χ1n) is 10.3. The van der Waals surface area contributed by atoms with E-state index in [1.165, 1.54) is 0 Å². The summed E-state index contributed by atoms with van der Waals surface area (Å²) in [4.78, 5) is 36.9. The van der Waals surface area contributed by atoms with Crippen LogP contribution in [0.2, 0.25) is 0 Å². The van der Waals surface area contributed by atoms with Crippen molar-refractivity contribution in [1.82, 2.24) is 5.32 Å². The van der Waals surface area contributed by atoms with Gasteiger partial charge in [-0.15, -0.1) is 0 Å². The van der Waals surface area contributed by atoms with Crippen molar-refractivity contribution < 1.29 is 23.9 Å². The minimum Gasteiger partial charge on any atom is -0.457 e. The summed E-state index contributed by atoms with van der Waals surface area (Å²) in [6, 6.07) is 22.6. The van der Waals surface area contributed by atoms with Gasteiger partial charge in [-0.1, -0.05) is 30.3 Å². The van der Waals surface area contributed by atoms with Crippen LogP contribution in [0.5, 0.6) is 11.5 Å². The molecule has 0 heterocycles. The fourth-order valence-electron chi connectivity index (χ4n) is 2.97. The molecule has 4 rings (SSSR count). The molecule has 0 bridgehead atoms. The van der Waals surface area contributed by atoms with E-state index < -0.39 is 18.5 Å². The highest BCUT2D eigenvalue weighted by Gasteiger charge is 2.25. The maximum Gasteiger partial charge on any atom is 0.338 e. The van der Waals surface area contributed by atoms with Gasteiger partial charge in [-0.25, -0.2) is 4.79 Å². The molecular formula is C25H22N2O5. The van der Waals surface area contributed by atoms with Crippen molar-refractivity contribution in [2.75, 3.05) is 11.9 Å². The Hall–Kier alpha value is -4.13. The standard InChI is InChI=1S/C25H22N2O5/c28-23(27-22-9-5-4-8-21(22)24(29)26-18-12-13-18)16-31-25(30)17-10-14-20(15-11-17)32-19-6-2-1-3-7-19/h1-11,14-15,18H,12-13,16H2,(H,26,29)(H,27,28). The predicted molar refractivity (Wildman–Crippen MR) is 119 cm³/mol. The lowest BCUT2D eigenvalue weighted by Crippen LogP contribution is -2.28. The molecular weight excluding hydrogens is 408 g/mol. The number of amides is 2. The molecule has 0 saturated heterocycles. The molecule has 7 nitrogen and oxygen atoms in total. The molecule has 1 fully saturated rings. The molecule has 3 aromatic carbocycles. The monoisotopic (exact) mass is 430 g/mol. The van der Waals surface area contributed by atoms with Crippen molar-refractivity contribution in [2.45, 2.75) is 18.9 Å². The van der Waals surface area contributed by atoms with Gasteiger partial charge in [0.15, 0.2) is 6.61 Å². The molecule has 2 amide bonds. The lowest BCUT2D eigenvalue weighted by atomic mass is 10.1. The second-order valence-electron chi connectivity index (χ2n) is 7.36. The zero-order chi connectivity index (χ0) is 22.3. The Balaban J connectivity index is 1.29. The van der Waals surface area contributed by atoms with Crippen molar-refractivity contribution in [2.24, 2.45) is 0 Å². The van der Waals surface area contributed by atoms with Gasteiger partial charge in [-0.05, 0) is 61.4 Å². The fraction of sp³-hybridized carbons (Fsp3) is 0.160. The number of carbonyl (C=O) groups excluding carboxylic acids is 3. The number of benzene rings is 3. The number of carbonyl (C=O) groups is 3. The van der Waals surface area contributed by atoms with Crippen LogP contribution in [0.15, 0.2) is 78.9 Å². The maximum absolute atomic E-state index is 12.3. The van der Waals surface area contributed by atoms with Crippen molar-refractivity contribution >= 4 is 23.5 Å². The summed E-state index contributed by atoms with van der Waals surface area (Å²) < 4.78 is 10.8. The lowest BCUT2D eigenvalue weighted by molar-refractivity contribution is -0.119. The van der Waals surface area contributed by atoms with Crippen LogP contribution in [0.25, 0.3) is 0 Å². The molecule has 0 aromatic heterocycles. The van der Waals surface area contributed by atoms with Crippen LogP contribution in [0.1, 0.15) is 33.6 Å². The molecule has 0 spiro atoms. The third-order valence-electron chi connectivity index (χ3n) is 4.76. The van der Waals surface area contributed by atoms with Crippen molar-refractivity contribution in [3.05, 3.63) is 90.0 Å². The number of ether oxygens (including phenoxy) is 2. The highest BCUT2D eigenvalue weighted by atomic mass is 16.5. The number of hydrogen-bond donors (Lipinski definition) is 2.